The molecule has 2 atom stereocenters. The van der Waals surface area contributed by atoms with Gasteiger partial charge in [0.1, 0.15) is 28.1 Å². The number of carbonyl (C=O) groups excluding carboxylic acids is 1. The maximum Gasteiger partial charge on any atom is 0.471 e. The molecule has 5 rings (SSSR count). The van der Waals surface area contributed by atoms with E-state index >= 15 is 0 Å². The highest BCUT2D eigenvalue weighted by Crippen LogP contribution is 2.40. The molecule has 4 heterocycles. The van der Waals surface area contributed by atoms with Crippen LogP contribution in [0.5, 0.6) is 0 Å². The SMILES string of the molecule is CCOC1CCC(n2cc(NC(=O)c3csc(-c4cnn(C(C)OP(=O)(O)O)c4)n3)c(-c3nc(F)ccc3F)n2)CC1.NCCCCC(N)C(=O)O. The molecular formula is C31H42F2N9O8PS. The van der Waals surface area contributed by atoms with Crippen molar-refractivity contribution in [1.82, 2.24) is 29.5 Å². The Labute approximate surface area is 301 Å². The number of nitrogens with two attached hydrogens (primary N) is 2. The highest BCUT2D eigenvalue weighted by Gasteiger charge is 2.27. The molecule has 284 valence electrons. The highest BCUT2D eigenvalue weighted by molar-refractivity contribution is 7.46. The summed E-state index contributed by atoms with van der Waals surface area (Å²) in [5.41, 5.74) is 10.8. The van der Waals surface area contributed by atoms with Gasteiger partial charge < -0.3 is 36.4 Å². The lowest BCUT2D eigenvalue weighted by Gasteiger charge is -2.28. The molecule has 8 N–H and O–H groups in total. The van der Waals surface area contributed by atoms with Gasteiger partial charge in [-0.2, -0.15) is 14.6 Å². The number of aliphatic carboxylic acids is 1. The van der Waals surface area contributed by atoms with Crippen LogP contribution in [0.25, 0.3) is 22.0 Å². The number of pyridine rings is 1. The third kappa shape index (κ3) is 11.5. The molecule has 2 unspecified atom stereocenters. The summed E-state index contributed by atoms with van der Waals surface area (Å²) >= 11 is 1.14. The van der Waals surface area contributed by atoms with Crippen molar-refractivity contribution in [2.24, 2.45) is 11.5 Å². The van der Waals surface area contributed by atoms with E-state index in [2.05, 4.69) is 30.0 Å². The lowest BCUT2D eigenvalue weighted by Crippen LogP contribution is -2.29. The Morgan fingerprint density at radius 2 is 1.87 bits per heavy atom. The summed E-state index contributed by atoms with van der Waals surface area (Å²) in [6, 6.07) is 1.11. The van der Waals surface area contributed by atoms with Crippen LogP contribution in [0.3, 0.4) is 0 Å². The molecule has 0 bridgehead atoms. The first kappa shape index (κ1) is 40.8. The Kier molecular flexibility index (Phi) is 14.6. The van der Waals surface area contributed by atoms with Gasteiger partial charge in [0.2, 0.25) is 5.95 Å². The Morgan fingerprint density at radius 1 is 1.13 bits per heavy atom. The quantitative estimate of drug-likeness (QED) is 0.0554. The van der Waals surface area contributed by atoms with Crippen molar-refractivity contribution in [3.63, 3.8) is 0 Å². The third-order valence-electron chi connectivity index (χ3n) is 7.97. The summed E-state index contributed by atoms with van der Waals surface area (Å²) in [5.74, 6) is -3.22. The van der Waals surface area contributed by atoms with Crippen molar-refractivity contribution in [3.8, 4) is 22.0 Å². The number of amides is 1. The van der Waals surface area contributed by atoms with Gasteiger partial charge >= 0.3 is 13.8 Å². The molecule has 0 radical (unpaired) electrons. The van der Waals surface area contributed by atoms with Crippen LogP contribution >= 0.6 is 19.2 Å². The smallest absolute Gasteiger partial charge is 0.471 e. The second kappa shape index (κ2) is 18.7. The van der Waals surface area contributed by atoms with E-state index in [1.807, 2.05) is 6.92 Å². The fourth-order valence-electron chi connectivity index (χ4n) is 5.36. The number of phosphoric acid groups is 1. The molecule has 21 heteroatoms. The number of phosphoric ester groups is 1. The Balaban J connectivity index is 0.000000530. The first-order chi connectivity index (χ1) is 24.7. The molecule has 4 aromatic rings. The predicted molar refractivity (Wildman–Crippen MR) is 186 cm³/mol. The Morgan fingerprint density at radius 3 is 2.52 bits per heavy atom. The second-order valence-corrected chi connectivity index (χ2v) is 13.9. The van der Waals surface area contributed by atoms with Gasteiger partial charge in [-0.1, -0.05) is 6.42 Å². The van der Waals surface area contributed by atoms with Crippen molar-refractivity contribution < 1.29 is 47.1 Å². The number of nitrogens with zero attached hydrogens (tertiary/aromatic N) is 6. The number of carbonyl (C=O) groups is 2. The average molecular weight is 770 g/mol. The second-order valence-electron chi connectivity index (χ2n) is 11.8. The van der Waals surface area contributed by atoms with Crippen molar-refractivity contribution in [2.75, 3.05) is 18.5 Å². The number of anilines is 1. The maximum atomic E-state index is 14.7. The number of carboxylic acid groups (broad SMARTS) is 1. The lowest BCUT2D eigenvalue weighted by atomic mass is 9.93. The number of aromatic nitrogens is 6. The minimum atomic E-state index is -4.73. The standard InChI is InChI=1S/C25H28F2N7O6PS.C6H14N2O2/c1-3-39-17-6-4-16(5-7-17)34-12-19(23(32-34)22-18(26)8-9-21(27)31-22)29-24(35)20-13-42-25(30-20)15-10-28-33(11-15)14(2)40-41(36,37)38;7-4-2-1-3-5(8)6(9)10/h8-14,16-17H,3-7H2,1-2H3,(H,29,35)(H2,36,37,38);5H,1-4,7-8H2,(H,9,10). The molecule has 0 spiro atoms. The van der Waals surface area contributed by atoms with Crippen LogP contribution < -0.4 is 16.8 Å². The number of hydrogen-bond acceptors (Lipinski definition) is 12. The van der Waals surface area contributed by atoms with E-state index in [1.165, 1.54) is 29.4 Å². The zero-order valence-corrected chi connectivity index (χ0v) is 30.2. The number of rotatable bonds is 15. The van der Waals surface area contributed by atoms with Gasteiger partial charge in [0.25, 0.3) is 5.91 Å². The molecule has 0 aromatic carbocycles. The molecular weight excluding hydrogens is 727 g/mol. The predicted octanol–water partition coefficient (Wildman–Crippen LogP) is 4.47. The largest absolute Gasteiger partial charge is 0.480 e. The number of nitrogens with one attached hydrogen (secondary N) is 1. The fourth-order valence-corrected chi connectivity index (χ4v) is 6.63. The minimum absolute atomic E-state index is 0.0111. The first-order valence-corrected chi connectivity index (χ1v) is 18.9. The first-order valence-electron chi connectivity index (χ1n) is 16.5. The summed E-state index contributed by atoms with van der Waals surface area (Å²) in [6.45, 7) is 4.60. The number of thiazole rings is 1. The topological polar surface area (TPSA) is 256 Å². The summed E-state index contributed by atoms with van der Waals surface area (Å²) in [6.07, 6.45) is 8.93. The van der Waals surface area contributed by atoms with Crippen LogP contribution in [0.4, 0.5) is 14.5 Å². The van der Waals surface area contributed by atoms with Crippen LogP contribution in [-0.2, 0) is 18.6 Å². The van der Waals surface area contributed by atoms with E-state index in [0.29, 0.717) is 30.1 Å². The molecule has 17 nitrogen and oxygen atoms in total. The molecule has 52 heavy (non-hydrogen) atoms. The summed E-state index contributed by atoms with van der Waals surface area (Å²) < 4.78 is 53.1. The van der Waals surface area contributed by atoms with Gasteiger partial charge in [-0.05, 0) is 71.0 Å². The van der Waals surface area contributed by atoms with Crippen molar-refractivity contribution in [1.29, 1.82) is 0 Å². The number of carboxylic acids is 1. The molecule has 1 aliphatic rings. The molecule has 1 saturated carbocycles. The number of hydrogen-bond donors (Lipinski definition) is 6. The van der Waals surface area contributed by atoms with Crippen LogP contribution in [-0.4, -0.2) is 81.6 Å². The maximum absolute atomic E-state index is 14.7. The van der Waals surface area contributed by atoms with Gasteiger partial charge in [0.05, 0.1) is 24.0 Å². The van der Waals surface area contributed by atoms with Gasteiger partial charge in [-0.25, -0.2) is 23.6 Å². The average Bonchev–Trinajstić information content (AvgIpc) is 3.86. The fraction of sp³-hybridized carbons (Fsp3) is 0.484. The van der Waals surface area contributed by atoms with E-state index in [1.54, 1.807) is 10.9 Å². The molecule has 0 saturated heterocycles. The zero-order valence-electron chi connectivity index (χ0n) is 28.5. The normalized spacial score (nSPS) is 17.2. The number of ether oxygens (including phenoxy) is 1. The van der Waals surface area contributed by atoms with Crippen LogP contribution in [0, 0.1) is 11.8 Å². The monoisotopic (exact) mass is 769 g/mol. The van der Waals surface area contributed by atoms with Gasteiger partial charge in [0, 0.05) is 29.9 Å². The number of halogens is 2. The molecule has 1 aliphatic carbocycles. The van der Waals surface area contributed by atoms with E-state index in [9.17, 15) is 22.9 Å². The van der Waals surface area contributed by atoms with E-state index in [0.717, 1.165) is 62.0 Å². The lowest BCUT2D eigenvalue weighted by molar-refractivity contribution is -0.138. The highest BCUT2D eigenvalue weighted by atomic mass is 32.1. The van der Waals surface area contributed by atoms with Gasteiger partial charge in [-0.15, -0.1) is 11.3 Å². The molecule has 4 aromatic heterocycles. The minimum Gasteiger partial charge on any atom is -0.480 e. The zero-order chi connectivity index (χ0) is 38.0. The van der Waals surface area contributed by atoms with Gasteiger partial charge in [0.15, 0.2) is 12.0 Å². The Hall–Kier alpha value is -4.01. The number of unbranched alkanes of at least 4 members (excludes halogenated alkanes) is 1. The van der Waals surface area contributed by atoms with Gasteiger partial charge in [-0.3, -0.25) is 18.8 Å². The summed E-state index contributed by atoms with van der Waals surface area (Å²) in [4.78, 5) is 49.5. The summed E-state index contributed by atoms with van der Waals surface area (Å²) in [7, 11) is -4.73. The van der Waals surface area contributed by atoms with Crippen molar-refractivity contribution >= 4 is 36.7 Å². The van der Waals surface area contributed by atoms with Crippen molar-refractivity contribution in [2.45, 2.75) is 83.2 Å². The van der Waals surface area contributed by atoms with E-state index < -0.39 is 43.7 Å². The molecule has 0 aliphatic heterocycles. The van der Waals surface area contributed by atoms with Crippen LogP contribution in [0.2, 0.25) is 0 Å². The third-order valence-corrected chi connectivity index (χ3v) is 9.44. The molecule has 1 amide bonds. The van der Waals surface area contributed by atoms with E-state index in [4.69, 9.17) is 31.1 Å². The van der Waals surface area contributed by atoms with E-state index in [-0.39, 0.29) is 34.9 Å². The summed E-state index contributed by atoms with van der Waals surface area (Å²) in [5, 5.41) is 21.5. The van der Waals surface area contributed by atoms with Crippen molar-refractivity contribution in [3.05, 3.63) is 53.6 Å². The van der Waals surface area contributed by atoms with Crippen LogP contribution in [0.1, 0.15) is 81.6 Å². The Bertz CT molecular complexity index is 1840. The molecule has 1 fully saturated rings. The van der Waals surface area contributed by atoms with Crippen LogP contribution in [0.15, 0.2) is 36.1 Å².